The zero-order valence-corrected chi connectivity index (χ0v) is 45.3. The summed E-state index contributed by atoms with van der Waals surface area (Å²) < 4.78 is 17.5. The second-order valence-corrected chi connectivity index (χ2v) is 20.1. The molecule has 1 rings (SSSR count). The van der Waals surface area contributed by atoms with Gasteiger partial charge in [0.25, 0.3) is 0 Å². The molecule has 1 heterocycles. The van der Waals surface area contributed by atoms with Crippen LogP contribution in [0.5, 0.6) is 0 Å². The Hall–Kier alpha value is -2.64. The summed E-state index contributed by atoms with van der Waals surface area (Å²) in [6, 6.07) is -1.03. The minimum atomic E-state index is -1.63. The Kier molecular flexibility index (Phi) is 45.2. The van der Waals surface area contributed by atoms with E-state index in [1.165, 1.54) is 135 Å². The van der Waals surface area contributed by atoms with Crippen molar-refractivity contribution < 1.29 is 49.3 Å². The van der Waals surface area contributed by atoms with E-state index in [9.17, 15) is 35.1 Å². The highest BCUT2D eigenvalue weighted by Crippen LogP contribution is 2.26. The van der Waals surface area contributed by atoms with E-state index in [2.05, 4.69) is 38.2 Å². The molecule has 71 heavy (non-hydrogen) atoms. The minimum absolute atomic E-state index is 0.0771. The third kappa shape index (κ3) is 36.9. The van der Waals surface area contributed by atoms with Crippen molar-refractivity contribution in [2.24, 2.45) is 0 Å². The van der Waals surface area contributed by atoms with Crippen molar-refractivity contribution in [1.82, 2.24) is 5.32 Å². The zero-order valence-electron chi connectivity index (χ0n) is 45.3. The van der Waals surface area contributed by atoms with E-state index in [4.69, 9.17) is 14.2 Å². The minimum Gasteiger partial charge on any atom is -0.454 e. The third-order valence-electron chi connectivity index (χ3n) is 13.5. The predicted octanol–water partition coefficient (Wildman–Crippen LogP) is 13.1. The Balaban J connectivity index is 2.75. The third-order valence-corrected chi connectivity index (χ3v) is 13.5. The van der Waals surface area contributed by atoms with Gasteiger partial charge in [0.15, 0.2) is 12.4 Å². The molecule has 1 aliphatic rings. The van der Waals surface area contributed by atoms with Crippen LogP contribution in [0.3, 0.4) is 0 Å². The van der Waals surface area contributed by atoms with Gasteiger partial charge in [-0.1, -0.05) is 255 Å². The van der Waals surface area contributed by atoms with Crippen molar-refractivity contribution >= 4 is 11.9 Å². The van der Waals surface area contributed by atoms with Crippen LogP contribution in [0.1, 0.15) is 245 Å². The smallest absolute Gasteiger partial charge is 0.306 e. The Morgan fingerprint density at radius 3 is 1.52 bits per heavy atom. The van der Waals surface area contributed by atoms with Gasteiger partial charge in [-0.25, -0.2) is 0 Å². The summed E-state index contributed by atoms with van der Waals surface area (Å²) in [5.74, 6) is -1.23. The molecule has 0 aromatic rings. The van der Waals surface area contributed by atoms with Crippen LogP contribution < -0.4 is 5.32 Å². The summed E-state index contributed by atoms with van der Waals surface area (Å²) in [5.41, 5.74) is 0. The number of carbonyl (C=O) groups excluding carboxylic acids is 2. The molecule has 0 aromatic carbocycles. The van der Waals surface area contributed by atoms with Crippen LogP contribution in [0.25, 0.3) is 0 Å². The Bertz CT molecular complexity index is 1380. The molecule has 1 amide bonds. The first-order valence-electron chi connectivity index (χ1n) is 29.1. The highest BCUT2D eigenvalue weighted by Gasteiger charge is 2.47. The average molecular weight is 1000 g/mol. The second kappa shape index (κ2) is 48.3. The van der Waals surface area contributed by atoms with Crippen LogP contribution in [0.2, 0.25) is 0 Å². The number of esters is 1. The summed E-state index contributed by atoms with van der Waals surface area (Å²) in [5, 5.41) is 56.8. The maximum atomic E-state index is 13.4. The van der Waals surface area contributed by atoms with E-state index >= 15 is 0 Å². The molecule has 0 bridgehead atoms. The lowest BCUT2D eigenvalue weighted by atomic mass is 9.99. The first kappa shape index (κ1) is 66.4. The van der Waals surface area contributed by atoms with E-state index in [0.717, 1.165) is 64.2 Å². The number of unbranched alkanes of at least 4 members (excludes halogenated alkanes) is 29. The number of aliphatic hydroxyl groups is 5. The predicted molar refractivity (Wildman–Crippen MR) is 292 cm³/mol. The molecule has 0 radical (unpaired) electrons. The van der Waals surface area contributed by atoms with Crippen LogP contribution >= 0.6 is 0 Å². The fraction of sp³-hybridized carbons (Fsp3) is 0.800. The van der Waals surface area contributed by atoms with Crippen molar-refractivity contribution in [1.29, 1.82) is 0 Å². The van der Waals surface area contributed by atoms with E-state index < -0.39 is 67.4 Å². The molecule has 0 spiro atoms. The van der Waals surface area contributed by atoms with Gasteiger partial charge in [-0.05, 0) is 44.9 Å². The molecule has 6 N–H and O–H groups in total. The van der Waals surface area contributed by atoms with Crippen LogP contribution in [-0.4, -0.2) is 99.6 Å². The SMILES string of the molecule is CC/C=C/C=C/C=C\C=C/CCCCCC(=O)OC1C(OCC(NC(=O)C(O)CCCCCCCCCCCCCCCCCC)C(O)/C=C/CCCCCCCCCCCCC)OC(CO)C(O)C1O. The number of carbonyl (C=O) groups is 2. The molecule has 1 fully saturated rings. The molecule has 11 heteroatoms. The molecular formula is C60H107NO10. The van der Waals surface area contributed by atoms with Crippen molar-refractivity contribution in [3.63, 3.8) is 0 Å². The van der Waals surface area contributed by atoms with E-state index in [0.29, 0.717) is 12.8 Å². The topological polar surface area (TPSA) is 175 Å². The highest BCUT2D eigenvalue weighted by molar-refractivity contribution is 5.80. The summed E-state index contributed by atoms with van der Waals surface area (Å²) in [6.07, 6.45) is 48.4. The van der Waals surface area contributed by atoms with Gasteiger partial charge in [-0.2, -0.15) is 0 Å². The van der Waals surface area contributed by atoms with Crippen LogP contribution in [0.15, 0.2) is 60.8 Å². The summed E-state index contributed by atoms with van der Waals surface area (Å²) in [6.45, 7) is 5.62. The van der Waals surface area contributed by atoms with Gasteiger partial charge in [0.05, 0.1) is 25.4 Å². The number of hydrogen-bond donors (Lipinski definition) is 6. The molecule has 8 atom stereocenters. The molecule has 0 aliphatic carbocycles. The van der Waals surface area contributed by atoms with Crippen molar-refractivity contribution in [2.75, 3.05) is 13.2 Å². The fourth-order valence-corrected chi connectivity index (χ4v) is 8.90. The molecule has 0 saturated carbocycles. The van der Waals surface area contributed by atoms with Crippen LogP contribution in [-0.2, 0) is 23.8 Å². The zero-order chi connectivity index (χ0) is 51.8. The van der Waals surface area contributed by atoms with Gasteiger partial charge in [-0.3, -0.25) is 9.59 Å². The molecule has 11 nitrogen and oxygen atoms in total. The molecule has 1 aliphatic heterocycles. The molecule has 1 saturated heterocycles. The molecule has 412 valence electrons. The monoisotopic (exact) mass is 1000 g/mol. The number of aliphatic hydroxyl groups excluding tert-OH is 5. The Morgan fingerprint density at radius 1 is 0.563 bits per heavy atom. The molecule has 8 unspecified atom stereocenters. The number of nitrogens with one attached hydrogen (secondary N) is 1. The normalized spacial score (nSPS) is 20.0. The lowest BCUT2D eigenvalue weighted by molar-refractivity contribution is -0.305. The molecule has 0 aromatic heterocycles. The van der Waals surface area contributed by atoms with E-state index in [1.54, 1.807) is 6.08 Å². The summed E-state index contributed by atoms with van der Waals surface area (Å²) >= 11 is 0. The number of allylic oxidation sites excluding steroid dienone is 9. The van der Waals surface area contributed by atoms with E-state index in [1.807, 2.05) is 42.5 Å². The van der Waals surface area contributed by atoms with Gasteiger partial charge < -0.3 is 45.1 Å². The van der Waals surface area contributed by atoms with Gasteiger partial charge in [0.1, 0.15) is 24.4 Å². The Labute approximate surface area is 433 Å². The highest BCUT2D eigenvalue weighted by atomic mass is 16.7. The summed E-state index contributed by atoms with van der Waals surface area (Å²) in [7, 11) is 0. The van der Waals surface area contributed by atoms with Crippen LogP contribution in [0, 0.1) is 0 Å². The summed E-state index contributed by atoms with van der Waals surface area (Å²) in [4.78, 5) is 26.4. The lowest BCUT2D eigenvalue weighted by Gasteiger charge is -2.41. The average Bonchev–Trinajstić information content (AvgIpc) is 3.37. The maximum Gasteiger partial charge on any atom is 0.306 e. The standard InChI is InChI=1S/C60H107NO10/c1-4-7-10-13-16-19-22-25-26-27-30-32-35-38-41-44-47-53(64)59(68)61-51(52(63)46-43-40-37-34-31-28-23-20-17-14-11-8-5-2)50-69-60-58(57(67)56(66)54(49-62)70-60)71-55(65)48-45-42-39-36-33-29-24-21-18-15-12-9-6-3/h9,12,15,18,21,24,29,33,43,46,51-54,56-58,60,62-64,66-67H,4-8,10-11,13-14,16-17,19-20,22-23,25-28,30-32,34-42,44-45,47-50H2,1-3H3,(H,61,68)/b12-9+,18-15+,24-21-,33-29-,46-43+. The van der Waals surface area contributed by atoms with Gasteiger partial charge in [-0.15, -0.1) is 0 Å². The quantitative estimate of drug-likeness (QED) is 0.0149. The first-order valence-corrected chi connectivity index (χ1v) is 29.1. The Morgan fingerprint density at radius 2 is 1.01 bits per heavy atom. The number of rotatable bonds is 48. The van der Waals surface area contributed by atoms with Gasteiger partial charge in [0.2, 0.25) is 5.91 Å². The largest absolute Gasteiger partial charge is 0.454 e. The van der Waals surface area contributed by atoms with Gasteiger partial charge >= 0.3 is 5.97 Å². The second-order valence-electron chi connectivity index (χ2n) is 20.1. The van der Waals surface area contributed by atoms with Crippen molar-refractivity contribution in [3.05, 3.63) is 60.8 Å². The first-order chi connectivity index (χ1) is 34.7. The van der Waals surface area contributed by atoms with E-state index in [-0.39, 0.29) is 19.4 Å². The molecular weight excluding hydrogens is 895 g/mol. The number of amides is 1. The lowest BCUT2D eigenvalue weighted by Crippen LogP contribution is -2.61. The fourth-order valence-electron chi connectivity index (χ4n) is 8.90. The number of hydrogen-bond acceptors (Lipinski definition) is 10. The number of ether oxygens (including phenoxy) is 3. The van der Waals surface area contributed by atoms with Gasteiger partial charge in [0, 0.05) is 6.42 Å². The maximum absolute atomic E-state index is 13.4. The van der Waals surface area contributed by atoms with Crippen LogP contribution in [0.4, 0.5) is 0 Å². The van der Waals surface area contributed by atoms with Crippen molar-refractivity contribution in [3.8, 4) is 0 Å². The van der Waals surface area contributed by atoms with Crippen molar-refractivity contribution in [2.45, 2.75) is 294 Å².